The van der Waals surface area contributed by atoms with E-state index in [9.17, 15) is 9.59 Å². The van der Waals surface area contributed by atoms with Gasteiger partial charge in [0.15, 0.2) is 17.8 Å². The van der Waals surface area contributed by atoms with Crippen LogP contribution in [0.4, 0.5) is 0 Å². The highest BCUT2D eigenvalue weighted by atomic mass is 16.3. The lowest BCUT2D eigenvalue weighted by Crippen LogP contribution is -1.92. The lowest BCUT2D eigenvalue weighted by Gasteiger charge is -1.86. The first kappa shape index (κ1) is 6.74. The van der Waals surface area contributed by atoms with Gasteiger partial charge in [-0.3, -0.25) is 9.59 Å². The number of rotatable bonds is 2. The van der Waals surface area contributed by atoms with Crippen molar-refractivity contribution in [2.24, 2.45) is 0 Å². The van der Waals surface area contributed by atoms with E-state index in [1.165, 1.54) is 19.3 Å². The first-order chi connectivity index (χ1) is 4.75. The van der Waals surface area contributed by atoms with Gasteiger partial charge in [-0.05, 0) is 6.07 Å². The molecule has 0 aliphatic heterocycles. The topological polar surface area (TPSA) is 47.3 Å². The molecule has 0 fully saturated rings. The summed E-state index contributed by atoms with van der Waals surface area (Å²) in [6.45, 7) is 1.35. The second kappa shape index (κ2) is 2.47. The Morgan fingerprint density at radius 1 is 1.70 bits per heavy atom. The molecule has 0 amide bonds. The minimum absolute atomic E-state index is 0.134. The molecule has 0 unspecified atom stereocenters. The van der Waals surface area contributed by atoms with Gasteiger partial charge in [0.05, 0.1) is 11.8 Å². The molecule has 10 heavy (non-hydrogen) atoms. The zero-order valence-electron chi connectivity index (χ0n) is 5.46. The lowest BCUT2D eigenvalue weighted by molar-refractivity contribution is 0.0979. The molecule has 0 aliphatic carbocycles. The highest BCUT2D eigenvalue weighted by Gasteiger charge is 2.08. The maximum atomic E-state index is 10.6. The summed E-state index contributed by atoms with van der Waals surface area (Å²) in [6.07, 6.45) is 1.92. The molecule has 52 valence electrons. The first-order valence-corrected chi connectivity index (χ1v) is 2.79. The smallest absolute Gasteiger partial charge is 0.195 e. The van der Waals surface area contributed by atoms with E-state index in [0.717, 1.165) is 0 Å². The second-order valence-corrected chi connectivity index (χ2v) is 1.88. The maximum Gasteiger partial charge on any atom is 0.195 e. The number of hydrogen-bond acceptors (Lipinski definition) is 3. The molecule has 1 rings (SSSR count). The molecule has 0 N–H and O–H groups in total. The molecule has 3 nitrogen and oxygen atoms in total. The number of carbonyl (C=O) groups excluding carboxylic acids is 2. The van der Waals surface area contributed by atoms with Gasteiger partial charge in [-0.25, -0.2) is 0 Å². The van der Waals surface area contributed by atoms with Crippen LogP contribution >= 0.6 is 0 Å². The van der Waals surface area contributed by atoms with E-state index in [-0.39, 0.29) is 11.5 Å². The Morgan fingerprint density at radius 2 is 2.40 bits per heavy atom. The van der Waals surface area contributed by atoms with Gasteiger partial charge in [-0.15, -0.1) is 0 Å². The van der Waals surface area contributed by atoms with Gasteiger partial charge >= 0.3 is 0 Å². The fourth-order valence-electron chi connectivity index (χ4n) is 0.698. The van der Waals surface area contributed by atoms with Crippen molar-refractivity contribution >= 4 is 12.1 Å². The standard InChI is InChI=1S/C7H6O3/c1-5(9)7-6(4-8)2-3-10-7/h2-4H,1H3. The molecule has 1 aromatic heterocycles. The number of ketones is 1. The molecule has 0 spiro atoms. The van der Waals surface area contributed by atoms with E-state index in [4.69, 9.17) is 4.42 Å². The summed E-state index contributed by atoms with van der Waals surface area (Å²) in [5.41, 5.74) is 0.313. The van der Waals surface area contributed by atoms with E-state index in [2.05, 4.69) is 0 Å². The summed E-state index contributed by atoms with van der Waals surface area (Å²) < 4.78 is 4.74. The molecule has 0 radical (unpaired) electrons. The predicted octanol–water partition coefficient (Wildman–Crippen LogP) is 1.29. The number of hydrogen-bond donors (Lipinski definition) is 0. The van der Waals surface area contributed by atoms with Crippen LogP contribution in [-0.4, -0.2) is 12.1 Å². The average Bonchev–Trinajstić information content (AvgIpc) is 2.33. The third kappa shape index (κ3) is 0.978. The van der Waals surface area contributed by atoms with Crippen molar-refractivity contribution in [1.29, 1.82) is 0 Å². The van der Waals surface area contributed by atoms with E-state index in [0.29, 0.717) is 11.8 Å². The van der Waals surface area contributed by atoms with E-state index >= 15 is 0 Å². The molecular weight excluding hydrogens is 132 g/mol. The van der Waals surface area contributed by atoms with Gasteiger partial charge in [0.25, 0.3) is 0 Å². The van der Waals surface area contributed by atoms with Crippen LogP contribution < -0.4 is 0 Å². The zero-order valence-corrected chi connectivity index (χ0v) is 5.46. The van der Waals surface area contributed by atoms with Gasteiger partial charge in [0.1, 0.15) is 0 Å². The third-order valence-corrected chi connectivity index (χ3v) is 1.14. The summed E-state index contributed by atoms with van der Waals surface area (Å²) in [6, 6.07) is 1.46. The Hall–Kier alpha value is -1.38. The van der Waals surface area contributed by atoms with Crippen LogP contribution in [0.15, 0.2) is 16.7 Å². The average molecular weight is 138 g/mol. The van der Waals surface area contributed by atoms with Gasteiger partial charge in [-0.2, -0.15) is 0 Å². The van der Waals surface area contributed by atoms with Crippen LogP contribution in [0.3, 0.4) is 0 Å². The number of carbonyl (C=O) groups is 2. The quantitative estimate of drug-likeness (QED) is 0.457. The molecule has 0 saturated heterocycles. The van der Waals surface area contributed by atoms with Crippen LogP contribution in [-0.2, 0) is 0 Å². The van der Waals surface area contributed by atoms with Crippen LogP contribution in [0.25, 0.3) is 0 Å². The summed E-state index contributed by atoms with van der Waals surface area (Å²) in [7, 11) is 0. The Bertz CT molecular complexity index is 260. The Labute approximate surface area is 57.6 Å². The van der Waals surface area contributed by atoms with Crippen molar-refractivity contribution in [2.45, 2.75) is 6.92 Å². The second-order valence-electron chi connectivity index (χ2n) is 1.88. The summed E-state index contributed by atoms with van der Waals surface area (Å²) in [5.74, 6) is -0.0953. The van der Waals surface area contributed by atoms with Gasteiger partial charge in [-0.1, -0.05) is 0 Å². The van der Waals surface area contributed by atoms with Gasteiger partial charge in [0.2, 0.25) is 0 Å². The van der Waals surface area contributed by atoms with Crippen molar-refractivity contribution < 1.29 is 14.0 Å². The first-order valence-electron chi connectivity index (χ1n) is 2.79. The van der Waals surface area contributed by atoms with E-state index in [1.807, 2.05) is 0 Å². The van der Waals surface area contributed by atoms with Crippen molar-refractivity contribution in [3.05, 3.63) is 23.7 Å². The summed E-state index contributed by atoms with van der Waals surface area (Å²) in [4.78, 5) is 20.8. The maximum absolute atomic E-state index is 10.6. The van der Waals surface area contributed by atoms with E-state index < -0.39 is 0 Å². The molecule has 0 bridgehead atoms. The zero-order chi connectivity index (χ0) is 7.56. The molecule has 1 aromatic rings. The highest BCUT2D eigenvalue weighted by molar-refractivity contribution is 5.98. The summed E-state index contributed by atoms with van der Waals surface area (Å²) >= 11 is 0. The minimum atomic E-state index is -0.230. The van der Waals surface area contributed by atoms with E-state index in [1.54, 1.807) is 0 Å². The van der Waals surface area contributed by atoms with Crippen LogP contribution in [0.1, 0.15) is 27.8 Å². The Kier molecular flexibility index (Phi) is 1.67. The highest BCUT2D eigenvalue weighted by Crippen LogP contribution is 2.07. The number of aldehydes is 1. The fraction of sp³-hybridized carbons (Fsp3) is 0.143. The van der Waals surface area contributed by atoms with Crippen LogP contribution in [0, 0.1) is 0 Å². The monoisotopic (exact) mass is 138 g/mol. The van der Waals surface area contributed by atoms with Crippen molar-refractivity contribution in [3.8, 4) is 0 Å². The van der Waals surface area contributed by atoms with Crippen molar-refractivity contribution in [3.63, 3.8) is 0 Å². The van der Waals surface area contributed by atoms with Crippen molar-refractivity contribution in [2.75, 3.05) is 0 Å². The third-order valence-electron chi connectivity index (χ3n) is 1.14. The minimum Gasteiger partial charge on any atom is -0.460 e. The SMILES string of the molecule is CC(=O)c1occc1C=O. The summed E-state index contributed by atoms with van der Waals surface area (Å²) in [5, 5.41) is 0. The van der Waals surface area contributed by atoms with Crippen LogP contribution in [0.5, 0.6) is 0 Å². The molecule has 0 aliphatic rings. The largest absolute Gasteiger partial charge is 0.460 e. The normalized spacial score (nSPS) is 9.30. The fourth-order valence-corrected chi connectivity index (χ4v) is 0.698. The lowest BCUT2D eigenvalue weighted by atomic mass is 10.2. The van der Waals surface area contributed by atoms with Crippen LogP contribution in [0.2, 0.25) is 0 Å². The molecule has 1 heterocycles. The Morgan fingerprint density at radius 3 is 2.80 bits per heavy atom. The Balaban J connectivity index is 3.13. The van der Waals surface area contributed by atoms with Gasteiger partial charge < -0.3 is 4.42 Å². The molecule has 0 atom stereocenters. The predicted molar refractivity (Wildman–Crippen MR) is 34.1 cm³/mol. The molecule has 3 heteroatoms. The number of furan rings is 1. The molecular formula is C7H6O3. The molecule has 0 saturated carbocycles. The van der Waals surface area contributed by atoms with Gasteiger partial charge in [0, 0.05) is 6.92 Å². The van der Waals surface area contributed by atoms with Crippen molar-refractivity contribution in [1.82, 2.24) is 0 Å². The number of Topliss-reactive ketones (excluding diaryl/α,β-unsaturated/α-hetero) is 1. The molecule has 0 aromatic carbocycles.